The summed E-state index contributed by atoms with van der Waals surface area (Å²) >= 11 is 3.29. The standard InChI is InChI=1S/C11H10BrF2NO/c1-11(5-8(13)14)6-3-2-4-7(12)9(6)15-10(11)16/h2-4,8H,5H2,1H3,(H,15,16). The first-order valence-corrected chi connectivity index (χ1v) is 5.63. The average Bonchev–Trinajstić information content (AvgIpc) is 2.41. The SMILES string of the molecule is CC1(CC(F)F)C(=O)Nc2c(Br)cccc21. The molecule has 1 amide bonds. The maximum absolute atomic E-state index is 12.5. The van der Waals surface area contributed by atoms with E-state index >= 15 is 0 Å². The molecular formula is C11H10BrF2NO. The van der Waals surface area contributed by atoms with E-state index < -0.39 is 18.3 Å². The molecule has 0 radical (unpaired) electrons. The first-order chi connectivity index (χ1) is 7.45. The van der Waals surface area contributed by atoms with E-state index in [4.69, 9.17) is 0 Å². The normalized spacial score (nSPS) is 23.4. The fourth-order valence-electron chi connectivity index (χ4n) is 2.00. The van der Waals surface area contributed by atoms with Gasteiger partial charge in [-0.2, -0.15) is 0 Å². The summed E-state index contributed by atoms with van der Waals surface area (Å²) in [5, 5.41) is 2.64. The van der Waals surface area contributed by atoms with Gasteiger partial charge in [0.25, 0.3) is 0 Å². The number of benzene rings is 1. The van der Waals surface area contributed by atoms with Crippen molar-refractivity contribution in [2.75, 3.05) is 5.32 Å². The minimum absolute atomic E-state index is 0.366. The number of rotatable bonds is 2. The Balaban J connectivity index is 2.51. The van der Waals surface area contributed by atoms with Crippen LogP contribution < -0.4 is 5.32 Å². The van der Waals surface area contributed by atoms with Gasteiger partial charge < -0.3 is 5.32 Å². The summed E-state index contributed by atoms with van der Waals surface area (Å²) in [6, 6.07) is 5.22. The number of alkyl halides is 2. The first-order valence-electron chi connectivity index (χ1n) is 4.84. The number of para-hydroxylation sites is 1. The summed E-state index contributed by atoms with van der Waals surface area (Å²) in [5.74, 6) is -0.366. The number of nitrogens with one attached hydrogen (secondary N) is 1. The molecule has 0 aromatic heterocycles. The maximum atomic E-state index is 12.5. The molecule has 1 aliphatic rings. The van der Waals surface area contributed by atoms with Gasteiger partial charge in [0.15, 0.2) is 0 Å². The van der Waals surface area contributed by atoms with Crippen LogP contribution in [0.3, 0.4) is 0 Å². The molecule has 0 bridgehead atoms. The molecule has 0 spiro atoms. The van der Waals surface area contributed by atoms with Crippen molar-refractivity contribution < 1.29 is 13.6 Å². The molecule has 2 nitrogen and oxygen atoms in total. The lowest BCUT2D eigenvalue weighted by atomic mass is 9.81. The Morgan fingerprint density at radius 3 is 2.81 bits per heavy atom. The third-order valence-electron chi connectivity index (χ3n) is 2.91. The van der Waals surface area contributed by atoms with Crippen LogP contribution in [0.1, 0.15) is 18.9 Å². The summed E-state index contributed by atoms with van der Waals surface area (Å²) in [4.78, 5) is 11.8. The zero-order chi connectivity index (χ0) is 11.9. The molecule has 86 valence electrons. The van der Waals surface area contributed by atoms with Crippen LogP contribution >= 0.6 is 15.9 Å². The number of anilines is 1. The summed E-state index contributed by atoms with van der Waals surface area (Å²) in [7, 11) is 0. The molecule has 1 atom stereocenters. The maximum Gasteiger partial charge on any atom is 0.240 e. The molecule has 0 saturated carbocycles. The highest BCUT2D eigenvalue weighted by Crippen LogP contribution is 2.44. The molecule has 1 aromatic rings. The van der Waals surface area contributed by atoms with Crippen molar-refractivity contribution in [3.05, 3.63) is 28.2 Å². The van der Waals surface area contributed by atoms with Crippen LogP contribution in [0.25, 0.3) is 0 Å². The van der Waals surface area contributed by atoms with Crippen molar-refractivity contribution in [3.63, 3.8) is 0 Å². The van der Waals surface area contributed by atoms with Crippen molar-refractivity contribution in [2.45, 2.75) is 25.2 Å². The number of halogens is 3. The van der Waals surface area contributed by atoms with Crippen molar-refractivity contribution in [1.29, 1.82) is 0 Å². The molecule has 1 aliphatic heterocycles. The van der Waals surface area contributed by atoms with E-state index in [1.807, 2.05) is 0 Å². The molecule has 1 heterocycles. The zero-order valence-electron chi connectivity index (χ0n) is 8.56. The third-order valence-corrected chi connectivity index (χ3v) is 3.57. The van der Waals surface area contributed by atoms with Crippen LogP contribution in [0.5, 0.6) is 0 Å². The van der Waals surface area contributed by atoms with E-state index in [-0.39, 0.29) is 5.91 Å². The number of carbonyl (C=O) groups excluding carboxylic acids is 1. The minimum Gasteiger partial charge on any atom is -0.324 e. The Hall–Kier alpha value is -0.970. The Morgan fingerprint density at radius 1 is 1.50 bits per heavy atom. The van der Waals surface area contributed by atoms with Gasteiger partial charge in [0.2, 0.25) is 12.3 Å². The number of hydrogen-bond donors (Lipinski definition) is 1. The van der Waals surface area contributed by atoms with E-state index in [1.54, 1.807) is 25.1 Å². The molecule has 16 heavy (non-hydrogen) atoms. The lowest BCUT2D eigenvalue weighted by molar-refractivity contribution is -0.121. The smallest absolute Gasteiger partial charge is 0.240 e. The van der Waals surface area contributed by atoms with Crippen LogP contribution in [0.4, 0.5) is 14.5 Å². The predicted molar refractivity (Wildman–Crippen MR) is 60.7 cm³/mol. The summed E-state index contributed by atoms with van der Waals surface area (Å²) in [6.45, 7) is 1.55. The molecule has 0 fully saturated rings. The highest BCUT2D eigenvalue weighted by Gasteiger charge is 2.45. The number of fused-ring (bicyclic) bond motifs is 1. The van der Waals surface area contributed by atoms with Gasteiger partial charge in [-0.05, 0) is 34.5 Å². The quantitative estimate of drug-likeness (QED) is 0.889. The monoisotopic (exact) mass is 289 g/mol. The van der Waals surface area contributed by atoms with Gasteiger partial charge in [-0.3, -0.25) is 4.79 Å². The molecule has 1 aromatic carbocycles. The fourth-order valence-corrected chi connectivity index (χ4v) is 2.46. The van der Waals surface area contributed by atoms with Crippen LogP contribution in [-0.4, -0.2) is 12.3 Å². The van der Waals surface area contributed by atoms with Crippen LogP contribution in [0.15, 0.2) is 22.7 Å². The third kappa shape index (κ3) is 1.63. The van der Waals surface area contributed by atoms with Crippen LogP contribution in [0.2, 0.25) is 0 Å². The number of hydrogen-bond acceptors (Lipinski definition) is 1. The highest BCUT2D eigenvalue weighted by molar-refractivity contribution is 9.10. The van der Waals surface area contributed by atoms with Gasteiger partial charge >= 0.3 is 0 Å². The molecule has 0 saturated heterocycles. The Morgan fingerprint density at radius 2 is 2.19 bits per heavy atom. The molecule has 5 heteroatoms. The van der Waals surface area contributed by atoms with Gasteiger partial charge in [-0.1, -0.05) is 12.1 Å². The van der Waals surface area contributed by atoms with Crippen molar-refractivity contribution in [2.24, 2.45) is 0 Å². The van der Waals surface area contributed by atoms with Gasteiger partial charge in [0.05, 0.1) is 11.1 Å². The summed E-state index contributed by atoms with van der Waals surface area (Å²) in [5.41, 5.74) is 0.107. The zero-order valence-corrected chi connectivity index (χ0v) is 10.1. The van der Waals surface area contributed by atoms with Gasteiger partial charge in [0.1, 0.15) is 0 Å². The first kappa shape index (κ1) is 11.5. The number of amides is 1. The molecule has 0 aliphatic carbocycles. The lowest BCUT2D eigenvalue weighted by Crippen LogP contribution is -2.33. The summed E-state index contributed by atoms with van der Waals surface area (Å²) < 4.78 is 25.7. The highest BCUT2D eigenvalue weighted by atomic mass is 79.9. The molecule has 2 rings (SSSR count). The van der Waals surface area contributed by atoms with Gasteiger partial charge in [0, 0.05) is 10.9 Å². The van der Waals surface area contributed by atoms with Crippen LogP contribution in [-0.2, 0) is 10.2 Å². The topological polar surface area (TPSA) is 29.1 Å². The van der Waals surface area contributed by atoms with E-state index in [0.717, 1.165) is 4.47 Å². The van der Waals surface area contributed by atoms with E-state index in [0.29, 0.717) is 11.3 Å². The van der Waals surface area contributed by atoms with E-state index in [1.165, 1.54) is 0 Å². The number of carbonyl (C=O) groups is 1. The summed E-state index contributed by atoms with van der Waals surface area (Å²) in [6.07, 6.45) is -2.96. The second kappa shape index (κ2) is 3.80. The second-order valence-electron chi connectivity index (χ2n) is 4.04. The Kier molecular flexibility index (Phi) is 2.74. The second-order valence-corrected chi connectivity index (χ2v) is 4.90. The lowest BCUT2D eigenvalue weighted by Gasteiger charge is -2.21. The van der Waals surface area contributed by atoms with E-state index in [9.17, 15) is 13.6 Å². The van der Waals surface area contributed by atoms with Gasteiger partial charge in [-0.15, -0.1) is 0 Å². The van der Waals surface area contributed by atoms with Crippen molar-refractivity contribution in [1.82, 2.24) is 0 Å². The largest absolute Gasteiger partial charge is 0.324 e. The molecular weight excluding hydrogens is 280 g/mol. The van der Waals surface area contributed by atoms with E-state index in [2.05, 4.69) is 21.2 Å². The van der Waals surface area contributed by atoms with Gasteiger partial charge in [-0.25, -0.2) is 8.78 Å². The fraction of sp³-hybridized carbons (Fsp3) is 0.364. The molecule has 1 N–H and O–H groups in total. The van der Waals surface area contributed by atoms with Crippen molar-refractivity contribution >= 4 is 27.5 Å². The minimum atomic E-state index is -2.50. The van der Waals surface area contributed by atoms with Crippen molar-refractivity contribution in [3.8, 4) is 0 Å². The molecule has 1 unspecified atom stereocenters. The predicted octanol–water partition coefficient (Wildman–Crippen LogP) is 3.31. The van der Waals surface area contributed by atoms with Crippen LogP contribution in [0, 0.1) is 0 Å². The Bertz CT molecular complexity index is 450. The Labute approximate surface area is 100 Å². The average molecular weight is 290 g/mol.